The highest BCUT2D eigenvalue weighted by Crippen LogP contribution is 2.29. The summed E-state index contributed by atoms with van der Waals surface area (Å²) in [6.07, 6.45) is -4.29. The van der Waals surface area contributed by atoms with E-state index in [1.807, 2.05) is 18.4 Å². The molecule has 0 aliphatic rings. The van der Waals surface area contributed by atoms with Crippen molar-refractivity contribution in [2.75, 3.05) is 0 Å². The van der Waals surface area contributed by atoms with Gasteiger partial charge in [0.2, 0.25) is 0 Å². The van der Waals surface area contributed by atoms with Gasteiger partial charge in [-0.15, -0.1) is 11.3 Å². The van der Waals surface area contributed by atoms with E-state index in [0.717, 1.165) is 27.6 Å². The monoisotopic (exact) mass is 319 g/mol. The summed E-state index contributed by atoms with van der Waals surface area (Å²) in [5.41, 5.74) is 1.26. The second kappa shape index (κ2) is 6.16. The van der Waals surface area contributed by atoms with Gasteiger partial charge in [0.05, 0.1) is 9.90 Å². The second-order valence-corrected chi connectivity index (χ2v) is 6.02. The summed E-state index contributed by atoms with van der Waals surface area (Å²) in [6, 6.07) is 7.16. The first-order valence-corrected chi connectivity index (χ1v) is 7.25. The van der Waals surface area contributed by atoms with Crippen molar-refractivity contribution in [3.8, 4) is 0 Å². The number of alkyl halides is 3. The van der Waals surface area contributed by atoms with Gasteiger partial charge in [-0.2, -0.15) is 13.2 Å². The molecule has 0 bridgehead atoms. The summed E-state index contributed by atoms with van der Waals surface area (Å²) in [4.78, 5) is 0. The van der Waals surface area contributed by atoms with Crippen molar-refractivity contribution >= 4 is 22.9 Å². The number of halogens is 4. The molecule has 1 nitrogen and oxygen atoms in total. The lowest BCUT2D eigenvalue weighted by Crippen LogP contribution is -2.17. The van der Waals surface area contributed by atoms with E-state index in [1.165, 1.54) is 23.5 Å². The van der Waals surface area contributed by atoms with Gasteiger partial charge in [0, 0.05) is 12.6 Å². The van der Waals surface area contributed by atoms with Crippen LogP contribution in [0.15, 0.2) is 35.7 Å². The van der Waals surface area contributed by atoms with E-state index in [1.54, 1.807) is 0 Å². The van der Waals surface area contributed by atoms with Crippen molar-refractivity contribution in [2.45, 2.75) is 25.7 Å². The van der Waals surface area contributed by atoms with E-state index in [-0.39, 0.29) is 6.04 Å². The maximum Gasteiger partial charge on any atom is 0.416 e. The van der Waals surface area contributed by atoms with Crippen LogP contribution in [0.1, 0.15) is 29.7 Å². The molecule has 2 rings (SSSR count). The summed E-state index contributed by atoms with van der Waals surface area (Å²) in [5.74, 6) is 0. The lowest BCUT2D eigenvalue weighted by atomic mass is 10.1. The van der Waals surface area contributed by atoms with Gasteiger partial charge < -0.3 is 5.32 Å². The normalized spacial score (nSPS) is 13.4. The van der Waals surface area contributed by atoms with Gasteiger partial charge in [-0.1, -0.05) is 23.7 Å². The van der Waals surface area contributed by atoms with Crippen molar-refractivity contribution < 1.29 is 13.2 Å². The van der Waals surface area contributed by atoms with Crippen molar-refractivity contribution in [2.24, 2.45) is 0 Å². The van der Waals surface area contributed by atoms with Crippen LogP contribution in [0, 0.1) is 0 Å². The number of hydrogen-bond acceptors (Lipinski definition) is 2. The summed E-state index contributed by atoms with van der Waals surface area (Å²) < 4.78 is 38.0. The number of thiophene rings is 1. The summed E-state index contributed by atoms with van der Waals surface area (Å²) in [7, 11) is 0. The van der Waals surface area contributed by atoms with Crippen molar-refractivity contribution in [1.29, 1.82) is 0 Å². The van der Waals surface area contributed by atoms with Gasteiger partial charge in [0.1, 0.15) is 0 Å². The van der Waals surface area contributed by atoms with E-state index in [9.17, 15) is 13.2 Å². The number of nitrogens with one attached hydrogen (secondary N) is 1. The molecule has 0 fully saturated rings. The van der Waals surface area contributed by atoms with Gasteiger partial charge >= 0.3 is 6.18 Å². The van der Waals surface area contributed by atoms with Crippen LogP contribution in [0.4, 0.5) is 13.2 Å². The minimum Gasteiger partial charge on any atom is -0.306 e. The van der Waals surface area contributed by atoms with Crippen molar-refractivity contribution in [1.82, 2.24) is 5.32 Å². The molecule has 1 aromatic heterocycles. The van der Waals surface area contributed by atoms with E-state index in [2.05, 4.69) is 5.32 Å². The molecule has 20 heavy (non-hydrogen) atoms. The highest BCUT2D eigenvalue weighted by atomic mass is 35.5. The summed E-state index contributed by atoms with van der Waals surface area (Å²) in [6.45, 7) is 2.50. The van der Waals surface area contributed by atoms with Crippen molar-refractivity contribution in [3.05, 3.63) is 56.7 Å². The molecule has 1 atom stereocenters. The zero-order valence-electron chi connectivity index (χ0n) is 10.7. The highest BCUT2D eigenvalue weighted by Gasteiger charge is 2.29. The van der Waals surface area contributed by atoms with Gasteiger partial charge in [-0.3, -0.25) is 0 Å². The minimum absolute atomic E-state index is 0.0982. The van der Waals surface area contributed by atoms with E-state index >= 15 is 0 Å². The fourth-order valence-corrected chi connectivity index (χ4v) is 2.74. The number of rotatable bonds is 4. The van der Waals surface area contributed by atoms with Crippen LogP contribution in [0.5, 0.6) is 0 Å². The molecule has 108 valence electrons. The molecule has 0 aliphatic heterocycles. The number of benzene rings is 1. The molecule has 0 aliphatic carbocycles. The molecule has 0 radical (unpaired) electrons. The van der Waals surface area contributed by atoms with E-state index in [4.69, 9.17) is 11.6 Å². The third-order valence-electron chi connectivity index (χ3n) is 2.98. The Morgan fingerprint density at radius 2 is 1.90 bits per heavy atom. The van der Waals surface area contributed by atoms with Crippen LogP contribution in [0.25, 0.3) is 0 Å². The second-order valence-electron chi connectivity index (χ2n) is 4.48. The predicted octanol–water partition coefficient (Wildman–Crippen LogP) is 5.27. The van der Waals surface area contributed by atoms with Gasteiger partial charge in [-0.25, -0.2) is 0 Å². The Bertz CT molecular complexity index is 563. The minimum atomic E-state index is -4.29. The zero-order chi connectivity index (χ0) is 14.8. The highest BCUT2D eigenvalue weighted by molar-refractivity contribution is 7.14. The molecule has 0 spiro atoms. The van der Waals surface area contributed by atoms with E-state index in [0.29, 0.717) is 6.54 Å². The molecular weight excluding hydrogens is 307 g/mol. The Labute approximate surface area is 124 Å². The van der Waals surface area contributed by atoms with Gasteiger partial charge in [0.25, 0.3) is 0 Å². The summed E-state index contributed by atoms with van der Waals surface area (Å²) >= 11 is 7.33. The third-order valence-corrected chi connectivity index (χ3v) is 4.09. The maximum atomic E-state index is 12.4. The molecule has 6 heteroatoms. The first-order chi connectivity index (χ1) is 9.36. The summed E-state index contributed by atoms with van der Waals surface area (Å²) in [5, 5.41) is 5.22. The van der Waals surface area contributed by atoms with Crippen molar-refractivity contribution in [3.63, 3.8) is 0 Å². The van der Waals surface area contributed by atoms with Crippen LogP contribution in [-0.2, 0) is 12.7 Å². The number of hydrogen-bond donors (Lipinski definition) is 1. The third kappa shape index (κ3) is 3.98. The molecule has 1 aromatic carbocycles. The molecule has 1 unspecified atom stereocenters. The Hall–Kier alpha value is -1.04. The quantitative estimate of drug-likeness (QED) is 0.809. The molecule has 2 aromatic rings. The lowest BCUT2D eigenvalue weighted by molar-refractivity contribution is -0.137. The Kier molecular flexibility index (Phi) is 4.73. The maximum absolute atomic E-state index is 12.4. The SMILES string of the molecule is CC(NCc1ccc(C(F)(F)F)cc1)c1csc(Cl)c1. The van der Waals surface area contributed by atoms with E-state index < -0.39 is 11.7 Å². The molecular formula is C14H13ClF3NS. The van der Waals surface area contributed by atoms with Crippen LogP contribution in [-0.4, -0.2) is 0 Å². The molecule has 0 amide bonds. The molecule has 1 heterocycles. The Morgan fingerprint density at radius 1 is 1.25 bits per heavy atom. The molecule has 1 N–H and O–H groups in total. The van der Waals surface area contributed by atoms with Crippen LogP contribution in [0.3, 0.4) is 0 Å². The van der Waals surface area contributed by atoms with Gasteiger partial charge in [0.15, 0.2) is 0 Å². The molecule has 0 saturated carbocycles. The fourth-order valence-electron chi connectivity index (χ4n) is 1.75. The molecule has 0 saturated heterocycles. The lowest BCUT2D eigenvalue weighted by Gasteiger charge is -2.13. The van der Waals surface area contributed by atoms with Crippen LogP contribution >= 0.6 is 22.9 Å². The first-order valence-electron chi connectivity index (χ1n) is 5.99. The average molecular weight is 320 g/mol. The Morgan fingerprint density at radius 3 is 2.40 bits per heavy atom. The van der Waals surface area contributed by atoms with Crippen LogP contribution < -0.4 is 5.32 Å². The standard InChI is InChI=1S/C14H13ClF3NS/c1-9(11-6-13(15)20-8-11)19-7-10-2-4-12(5-3-10)14(16,17)18/h2-6,8-9,19H,7H2,1H3. The smallest absolute Gasteiger partial charge is 0.306 e. The Balaban J connectivity index is 1.94. The zero-order valence-corrected chi connectivity index (χ0v) is 12.2. The fraction of sp³-hybridized carbons (Fsp3) is 0.286. The van der Waals surface area contributed by atoms with Crippen LogP contribution in [0.2, 0.25) is 4.34 Å². The predicted molar refractivity (Wildman–Crippen MR) is 76.0 cm³/mol. The van der Waals surface area contributed by atoms with Gasteiger partial charge in [-0.05, 0) is 41.6 Å². The topological polar surface area (TPSA) is 12.0 Å². The average Bonchev–Trinajstić information content (AvgIpc) is 2.82. The first kappa shape index (κ1) is 15.4. The largest absolute Gasteiger partial charge is 0.416 e.